The maximum atomic E-state index is 6.88. The fraction of sp³-hybridized carbons (Fsp3) is 0.520. The molecule has 0 aliphatic carbocycles. The van der Waals surface area contributed by atoms with Gasteiger partial charge in [0, 0.05) is 11.1 Å². The van der Waals surface area contributed by atoms with E-state index < -0.39 is 0 Å². The third kappa shape index (κ3) is 3.82. The van der Waals surface area contributed by atoms with Gasteiger partial charge >= 0.3 is 0 Å². The van der Waals surface area contributed by atoms with Crippen LogP contribution in [0.4, 0.5) is 0 Å². The zero-order chi connectivity index (χ0) is 18.6. The van der Waals surface area contributed by atoms with E-state index in [0.29, 0.717) is 0 Å². The third-order valence-electron chi connectivity index (χ3n) is 5.77. The predicted molar refractivity (Wildman–Crippen MR) is 112 cm³/mol. The molecule has 0 atom stereocenters. The molecule has 0 radical (unpaired) electrons. The molecule has 0 N–H and O–H groups in total. The summed E-state index contributed by atoms with van der Waals surface area (Å²) < 4.78 is 6.88. The second-order valence-corrected chi connectivity index (χ2v) is 8.06. The van der Waals surface area contributed by atoms with Gasteiger partial charge < -0.3 is 4.74 Å². The standard InChI is InChI=1S/C25H34O/c1-5-7-9-15-25(16-10-8-6-2)23-17-19(3)11-13-21(23)22-14-12-20(4)18-24(22)26-25/h11-14,17-18H,5-10,15-16H2,1-4H3. The molecule has 0 bridgehead atoms. The highest BCUT2D eigenvalue weighted by atomic mass is 16.5. The molecule has 1 aliphatic rings. The summed E-state index contributed by atoms with van der Waals surface area (Å²) in [5.41, 5.74) is 6.50. The van der Waals surface area contributed by atoms with Gasteiger partial charge in [-0.1, -0.05) is 75.4 Å². The van der Waals surface area contributed by atoms with Crippen molar-refractivity contribution in [2.75, 3.05) is 0 Å². The Balaban J connectivity index is 2.08. The maximum Gasteiger partial charge on any atom is 0.135 e. The predicted octanol–water partition coefficient (Wildman–Crippen LogP) is 7.72. The Morgan fingerprint density at radius 2 is 1.31 bits per heavy atom. The van der Waals surface area contributed by atoms with Crippen LogP contribution >= 0.6 is 0 Å². The molecule has 0 saturated carbocycles. The molecule has 0 aromatic heterocycles. The Labute approximate surface area is 159 Å². The lowest BCUT2D eigenvalue weighted by atomic mass is 9.77. The lowest BCUT2D eigenvalue weighted by molar-refractivity contribution is 0.0387. The van der Waals surface area contributed by atoms with Crippen LogP contribution in [0.1, 0.15) is 81.9 Å². The lowest BCUT2D eigenvalue weighted by Crippen LogP contribution is -2.36. The van der Waals surface area contributed by atoms with Gasteiger partial charge in [0.2, 0.25) is 0 Å². The van der Waals surface area contributed by atoms with E-state index in [1.54, 1.807) is 0 Å². The summed E-state index contributed by atoms with van der Waals surface area (Å²) >= 11 is 0. The summed E-state index contributed by atoms with van der Waals surface area (Å²) in [7, 11) is 0. The smallest absolute Gasteiger partial charge is 0.135 e. The quantitative estimate of drug-likeness (QED) is 0.443. The normalized spacial score (nSPS) is 14.5. The first-order valence-corrected chi connectivity index (χ1v) is 10.5. The van der Waals surface area contributed by atoms with E-state index in [1.807, 2.05) is 0 Å². The Morgan fingerprint density at radius 3 is 1.92 bits per heavy atom. The van der Waals surface area contributed by atoms with Gasteiger partial charge in [-0.3, -0.25) is 0 Å². The molecule has 1 aliphatic heterocycles. The van der Waals surface area contributed by atoms with Crippen LogP contribution in [0, 0.1) is 13.8 Å². The fourth-order valence-corrected chi connectivity index (χ4v) is 4.29. The van der Waals surface area contributed by atoms with Gasteiger partial charge in [-0.15, -0.1) is 0 Å². The summed E-state index contributed by atoms with van der Waals surface area (Å²) in [4.78, 5) is 0. The fourth-order valence-electron chi connectivity index (χ4n) is 4.29. The molecule has 1 heteroatoms. The summed E-state index contributed by atoms with van der Waals surface area (Å²) in [6.07, 6.45) is 9.77. The van der Waals surface area contributed by atoms with Crippen molar-refractivity contribution in [1.82, 2.24) is 0 Å². The van der Waals surface area contributed by atoms with E-state index in [2.05, 4.69) is 64.1 Å². The number of benzene rings is 2. The Hall–Kier alpha value is -1.76. The van der Waals surface area contributed by atoms with Crippen molar-refractivity contribution in [1.29, 1.82) is 0 Å². The van der Waals surface area contributed by atoms with Gasteiger partial charge in [0.05, 0.1) is 0 Å². The molecule has 2 aromatic carbocycles. The number of ether oxygens (including phenoxy) is 1. The van der Waals surface area contributed by atoms with Crippen LogP contribution in [0.5, 0.6) is 5.75 Å². The summed E-state index contributed by atoms with van der Waals surface area (Å²) in [5.74, 6) is 1.08. The van der Waals surface area contributed by atoms with Crippen molar-refractivity contribution in [3.8, 4) is 16.9 Å². The van der Waals surface area contributed by atoms with E-state index >= 15 is 0 Å². The van der Waals surface area contributed by atoms with Gasteiger partial charge in [-0.2, -0.15) is 0 Å². The monoisotopic (exact) mass is 350 g/mol. The minimum absolute atomic E-state index is 0.160. The van der Waals surface area contributed by atoms with Crippen molar-refractivity contribution in [2.24, 2.45) is 0 Å². The van der Waals surface area contributed by atoms with E-state index in [4.69, 9.17) is 4.74 Å². The lowest BCUT2D eigenvalue weighted by Gasteiger charge is -2.41. The van der Waals surface area contributed by atoms with Crippen LogP contribution in [0.3, 0.4) is 0 Å². The zero-order valence-electron chi connectivity index (χ0n) is 17.0. The van der Waals surface area contributed by atoms with Crippen LogP contribution < -0.4 is 4.74 Å². The molecular formula is C25H34O. The topological polar surface area (TPSA) is 9.23 Å². The van der Waals surface area contributed by atoms with Crippen LogP contribution in [0.2, 0.25) is 0 Å². The number of hydrogen-bond donors (Lipinski definition) is 0. The number of hydrogen-bond acceptors (Lipinski definition) is 1. The van der Waals surface area contributed by atoms with Crippen molar-refractivity contribution < 1.29 is 4.74 Å². The molecule has 140 valence electrons. The van der Waals surface area contributed by atoms with Gasteiger partial charge in [-0.25, -0.2) is 0 Å². The van der Waals surface area contributed by atoms with E-state index in [-0.39, 0.29) is 5.60 Å². The van der Waals surface area contributed by atoms with Gasteiger partial charge in [0.15, 0.2) is 0 Å². The summed E-state index contributed by atoms with van der Waals surface area (Å²) in [5, 5.41) is 0. The molecule has 0 spiro atoms. The summed E-state index contributed by atoms with van der Waals surface area (Å²) in [6, 6.07) is 13.6. The minimum atomic E-state index is -0.160. The molecule has 2 aromatic rings. The largest absolute Gasteiger partial charge is 0.482 e. The average Bonchev–Trinajstić information content (AvgIpc) is 2.62. The Kier molecular flexibility index (Phi) is 6.06. The SMILES string of the molecule is CCCCCC1(CCCCC)Oc2cc(C)ccc2-c2ccc(C)cc21. The van der Waals surface area contributed by atoms with Gasteiger partial charge in [0.1, 0.15) is 11.4 Å². The molecule has 1 nitrogen and oxygen atoms in total. The zero-order valence-corrected chi connectivity index (χ0v) is 17.0. The number of fused-ring (bicyclic) bond motifs is 3. The van der Waals surface area contributed by atoms with Gasteiger partial charge in [-0.05, 0) is 56.7 Å². The highest BCUT2D eigenvalue weighted by Crippen LogP contribution is 2.50. The first-order chi connectivity index (χ1) is 12.6. The number of unbranched alkanes of at least 4 members (excludes halogenated alkanes) is 4. The first-order valence-electron chi connectivity index (χ1n) is 10.5. The maximum absolute atomic E-state index is 6.88. The van der Waals surface area contributed by atoms with Crippen LogP contribution in [0.25, 0.3) is 11.1 Å². The molecule has 26 heavy (non-hydrogen) atoms. The molecule has 0 saturated heterocycles. The van der Waals surface area contributed by atoms with Crippen molar-refractivity contribution >= 4 is 0 Å². The third-order valence-corrected chi connectivity index (χ3v) is 5.77. The number of aryl methyl sites for hydroxylation is 2. The molecule has 0 amide bonds. The van der Waals surface area contributed by atoms with Crippen LogP contribution in [0.15, 0.2) is 36.4 Å². The Bertz CT molecular complexity index is 734. The highest BCUT2D eigenvalue weighted by Gasteiger charge is 2.40. The van der Waals surface area contributed by atoms with E-state index in [0.717, 1.165) is 18.6 Å². The summed E-state index contributed by atoms with van der Waals surface area (Å²) in [6.45, 7) is 8.92. The highest BCUT2D eigenvalue weighted by molar-refractivity contribution is 5.77. The molecular weight excluding hydrogens is 316 g/mol. The van der Waals surface area contributed by atoms with Gasteiger partial charge in [0.25, 0.3) is 0 Å². The van der Waals surface area contributed by atoms with Crippen LogP contribution in [-0.4, -0.2) is 0 Å². The molecule has 0 unspecified atom stereocenters. The minimum Gasteiger partial charge on any atom is -0.482 e. The molecule has 3 rings (SSSR count). The Morgan fingerprint density at radius 1 is 0.731 bits per heavy atom. The van der Waals surface area contributed by atoms with Crippen molar-refractivity contribution in [3.63, 3.8) is 0 Å². The molecule has 0 fully saturated rings. The van der Waals surface area contributed by atoms with Crippen LogP contribution in [-0.2, 0) is 5.60 Å². The van der Waals surface area contributed by atoms with E-state index in [9.17, 15) is 0 Å². The van der Waals surface area contributed by atoms with E-state index in [1.165, 1.54) is 66.3 Å². The molecule has 1 heterocycles. The average molecular weight is 351 g/mol. The second-order valence-electron chi connectivity index (χ2n) is 8.06. The second kappa shape index (κ2) is 8.29. The van der Waals surface area contributed by atoms with Crippen molar-refractivity contribution in [2.45, 2.75) is 84.7 Å². The number of rotatable bonds is 8. The first kappa shape index (κ1) is 19.0. The van der Waals surface area contributed by atoms with Crippen molar-refractivity contribution in [3.05, 3.63) is 53.1 Å².